The number of amides is 1. The average Bonchev–Trinajstić information content (AvgIpc) is 3.15. The van der Waals surface area contributed by atoms with Crippen LogP contribution in [0.25, 0.3) is 10.9 Å². The number of aromatic nitrogens is 1. The van der Waals surface area contributed by atoms with Crippen LogP contribution in [0.15, 0.2) is 83.0 Å². The number of ether oxygens (including phenoxy) is 1. The van der Waals surface area contributed by atoms with Gasteiger partial charge in [-0.15, -0.1) is 10.2 Å². The number of nitrogens with zero attached hydrogens (tertiary/aromatic N) is 4. The molecular weight excluding hydrogens is 464 g/mol. The number of benzene rings is 3. The number of hydrogen-bond donors (Lipinski definition) is 1. The molecule has 1 aromatic heterocycles. The molecule has 1 saturated heterocycles. The Bertz CT molecular complexity index is 1380. The molecule has 2 heterocycles. The summed E-state index contributed by atoms with van der Waals surface area (Å²) in [5.74, 6) is 0.577. The van der Waals surface area contributed by atoms with Gasteiger partial charge in [0.2, 0.25) is 5.88 Å². The van der Waals surface area contributed by atoms with Gasteiger partial charge in [-0.05, 0) is 74.5 Å². The van der Waals surface area contributed by atoms with E-state index in [1.54, 1.807) is 48.5 Å². The van der Waals surface area contributed by atoms with Gasteiger partial charge in [0.1, 0.15) is 11.5 Å². The molecule has 1 fully saturated rings. The first-order valence-corrected chi connectivity index (χ1v) is 12.0. The van der Waals surface area contributed by atoms with Crippen LogP contribution in [0.2, 0.25) is 5.02 Å². The summed E-state index contributed by atoms with van der Waals surface area (Å²) in [5.41, 5.74) is 1.48. The van der Waals surface area contributed by atoms with Crippen LogP contribution in [0.5, 0.6) is 17.4 Å². The Morgan fingerprint density at radius 3 is 2.51 bits per heavy atom. The minimum Gasteiger partial charge on any atom is -0.493 e. The summed E-state index contributed by atoms with van der Waals surface area (Å²) in [7, 11) is 0. The van der Waals surface area contributed by atoms with E-state index in [1.165, 1.54) is 6.42 Å². The van der Waals surface area contributed by atoms with Crippen LogP contribution in [0.4, 0.5) is 5.69 Å². The lowest BCUT2D eigenvalue weighted by Gasteiger charge is -2.27. The zero-order valence-corrected chi connectivity index (χ0v) is 19.9. The van der Waals surface area contributed by atoms with Crippen molar-refractivity contribution in [1.29, 1.82) is 0 Å². The van der Waals surface area contributed by atoms with Gasteiger partial charge in [0.15, 0.2) is 5.69 Å². The summed E-state index contributed by atoms with van der Waals surface area (Å²) < 4.78 is 7.64. The van der Waals surface area contributed by atoms with Crippen LogP contribution in [-0.4, -0.2) is 33.6 Å². The van der Waals surface area contributed by atoms with E-state index in [2.05, 4.69) is 15.1 Å². The van der Waals surface area contributed by atoms with Crippen molar-refractivity contribution in [2.45, 2.75) is 25.9 Å². The predicted octanol–water partition coefficient (Wildman–Crippen LogP) is 7.16. The summed E-state index contributed by atoms with van der Waals surface area (Å²) in [6.07, 6.45) is 3.55. The monoisotopic (exact) mass is 488 g/mol. The van der Waals surface area contributed by atoms with E-state index >= 15 is 0 Å². The molecule has 5 rings (SSSR count). The predicted molar refractivity (Wildman–Crippen MR) is 136 cm³/mol. The summed E-state index contributed by atoms with van der Waals surface area (Å²) in [4.78, 5) is 15.1. The fraction of sp³-hybridized carbons (Fsp3) is 0.222. The zero-order chi connectivity index (χ0) is 24.2. The molecule has 0 bridgehead atoms. The van der Waals surface area contributed by atoms with Crippen molar-refractivity contribution in [3.63, 3.8) is 0 Å². The second kappa shape index (κ2) is 10.3. The summed E-state index contributed by atoms with van der Waals surface area (Å²) in [6.45, 7) is 2.56. The highest BCUT2D eigenvalue weighted by molar-refractivity contribution is 6.30. The van der Waals surface area contributed by atoms with Crippen molar-refractivity contribution < 1.29 is 14.6 Å². The molecule has 7 nitrogen and oxygen atoms in total. The van der Waals surface area contributed by atoms with Gasteiger partial charge in [-0.1, -0.05) is 42.3 Å². The maximum atomic E-state index is 12.8. The molecule has 1 aliphatic heterocycles. The topological polar surface area (TPSA) is 79.4 Å². The maximum absolute atomic E-state index is 12.8. The Morgan fingerprint density at radius 2 is 1.71 bits per heavy atom. The maximum Gasteiger partial charge on any atom is 0.295 e. The number of hydrogen-bond acceptors (Lipinski definition) is 5. The normalized spacial score (nSPS) is 14.5. The van der Waals surface area contributed by atoms with Gasteiger partial charge in [-0.3, -0.25) is 14.3 Å². The number of para-hydroxylation sites is 1. The number of piperidine rings is 1. The Morgan fingerprint density at radius 1 is 0.943 bits per heavy atom. The lowest BCUT2D eigenvalue weighted by atomic mass is 10.1. The van der Waals surface area contributed by atoms with Crippen LogP contribution in [-0.2, 0) is 6.67 Å². The van der Waals surface area contributed by atoms with E-state index in [0.717, 1.165) is 36.8 Å². The standard InChI is InChI=1S/C27H25ClN4O3/c28-20-11-13-21(14-12-20)35-22-8-6-7-19(17-22)26(33)30-29-25-23-9-2-3-10-24(23)32(27(25)34)18-31-15-4-1-5-16-31/h2-3,6-14,17,34H,1,4-5,15-16,18H2. The van der Waals surface area contributed by atoms with Gasteiger partial charge in [-0.2, -0.15) is 0 Å². The van der Waals surface area contributed by atoms with Crippen LogP contribution >= 0.6 is 11.6 Å². The molecule has 3 aromatic carbocycles. The fourth-order valence-corrected chi connectivity index (χ4v) is 4.42. The Kier molecular flexibility index (Phi) is 6.79. The molecule has 1 N–H and O–H groups in total. The first-order chi connectivity index (χ1) is 17.1. The molecule has 0 saturated carbocycles. The Hall–Kier alpha value is -3.68. The van der Waals surface area contributed by atoms with Crippen LogP contribution in [0.1, 0.15) is 29.6 Å². The Balaban J connectivity index is 1.38. The lowest BCUT2D eigenvalue weighted by molar-refractivity contribution is 0.0994. The summed E-state index contributed by atoms with van der Waals surface area (Å²) in [5, 5.41) is 20.5. The van der Waals surface area contributed by atoms with Crippen molar-refractivity contribution in [1.82, 2.24) is 9.47 Å². The van der Waals surface area contributed by atoms with Crippen molar-refractivity contribution >= 4 is 34.1 Å². The summed E-state index contributed by atoms with van der Waals surface area (Å²) >= 11 is 5.92. The molecule has 0 atom stereocenters. The average molecular weight is 489 g/mol. The molecule has 0 aliphatic carbocycles. The highest BCUT2D eigenvalue weighted by atomic mass is 35.5. The van der Waals surface area contributed by atoms with E-state index in [1.807, 2.05) is 28.8 Å². The van der Waals surface area contributed by atoms with E-state index in [9.17, 15) is 9.90 Å². The van der Waals surface area contributed by atoms with Crippen molar-refractivity contribution in [3.05, 3.63) is 83.4 Å². The van der Waals surface area contributed by atoms with Crippen molar-refractivity contribution in [3.8, 4) is 17.4 Å². The number of rotatable bonds is 6. The number of aromatic hydroxyl groups is 1. The second-order valence-corrected chi connectivity index (χ2v) is 8.96. The Labute approximate surface area is 208 Å². The number of likely N-dealkylation sites (tertiary alicyclic amines) is 1. The van der Waals surface area contributed by atoms with Gasteiger partial charge in [0.05, 0.1) is 12.2 Å². The molecule has 4 aromatic rings. The van der Waals surface area contributed by atoms with Gasteiger partial charge in [-0.25, -0.2) is 0 Å². The number of fused-ring (bicyclic) bond motifs is 1. The molecule has 0 unspecified atom stereocenters. The quantitative estimate of drug-likeness (QED) is 0.292. The van der Waals surface area contributed by atoms with E-state index in [-0.39, 0.29) is 5.88 Å². The van der Waals surface area contributed by atoms with E-state index < -0.39 is 5.91 Å². The van der Waals surface area contributed by atoms with E-state index in [4.69, 9.17) is 16.3 Å². The molecule has 0 spiro atoms. The van der Waals surface area contributed by atoms with Crippen LogP contribution < -0.4 is 4.74 Å². The second-order valence-electron chi connectivity index (χ2n) is 8.53. The highest BCUT2D eigenvalue weighted by Crippen LogP contribution is 2.39. The fourth-order valence-electron chi connectivity index (χ4n) is 4.30. The largest absolute Gasteiger partial charge is 0.493 e. The molecule has 35 heavy (non-hydrogen) atoms. The van der Waals surface area contributed by atoms with Gasteiger partial charge in [0.25, 0.3) is 5.91 Å². The third kappa shape index (κ3) is 5.21. The third-order valence-electron chi connectivity index (χ3n) is 6.08. The van der Waals surface area contributed by atoms with Crippen LogP contribution in [0, 0.1) is 0 Å². The first-order valence-electron chi connectivity index (χ1n) is 11.6. The van der Waals surface area contributed by atoms with E-state index in [0.29, 0.717) is 34.4 Å². The SMILES string of the molecule is O=C(N=Nc1c(O)n(CN2CCCCC2)c2ccccc12)c1cccc(Oc2ccc(Cl)cc2)c1. The minimum atomic E-state index is -0.529. The molecule has 8 heteroatoms. The summed E-state index contributed by atoms with van der Waals surface area (Å²) in [6, 6.07) is 21.3. The lowest BCUT2D eigenvalue weighted by Crippen LogP contribution is -2.31. The number of halogens is 1. The number of azo groups is 1. The smallest absolute Gasteiger partial charge is 0.295 e. The van der Waals surface area contributed by atoms with Crippen molar-refractivity contribution in [2.75, 3.05) is 13.1 Å². The first kappa shape index (κ1) is 23.1. The zero-order valence-electron chi connectivity index (χ0n) is 19.1. The number of carbonyl (C=O) groups excluding carboxylic acids is 1. The van der Waals surface area contributed by atoms with Gasteiger partial charge in [0, 0.05) is 16.0 Å². The van der Waals surface area contributed by atoms with Crippen LogP contribution in [0.3, 0.4) is 0 Å². The van der Waals surface area contributed by atoms with Gasteiger partial charge < -0.3 is 9.84 Å². The van der Waals surface area contributed by atoms with Crippen molar-refractivity contribution in [2.24, 2.45) is 10.2 Å². The molecule has 178 valence electrons. The highest BCUT2D eigenvalue weighted by Gasteiger charge is 2.20. The molecule has 1 aliphatic rings. The minimum absolute atomic E-state index is 0.00754. The molecule has 0 radical (unpaired) electrons. The molecular formula is C27H25ClN4O3. The number of carbonyl (C=O) groups is 1. The van der Waals surface area contributed by atoms with Gasteiger partial charge >= 0.3 is 0 Å². The molecule has 1 amide bonds. The third-order valence-corrected chi connectivity index (χ3v) is 6.33.